The van der Waals surface area contributed by atoms with E-state index in [2.05, 4.69) is 9.71 Å². The molecule has 3 N–H and O–H groups in total. The highest BCUT2D eigenvalue weighted by molar-refractivity contribution is 7.92. The average Bonchev–Trinajstić information content (AvgIpc) is 2.37. The summed E-state index contributed by atoms with van der Waals surface area (Å²) >= 11 is 0. The molecule has 0 bridgehead atoms. The Hall–Kier alpha value is -2.68. The van der Waals surface area contributed by atoms with Gasteiger partial charge in [0.2, 0.25) is 0 Å². The Morgan fingerprint density at radius 1 is 1.33 bits per heavy atom. The SMILES string of the molecule is Cc1cncc(NS(=O)(=O)c2cccc(N)c2[N+](=O)[O-])c1. The second kappa shape index (κ2) is 5.37. The molecule has 2 aromatic rings. The van der Waals surface area contributed by atoms with Crippen molar-refractivity contribution in [2.75, 3.05) is 10.5 Å². The number of pyridine rings is 1. The number of hydrogen-bond donors (Lipinski definition) is 2. The summed E-state index contributed by atoms with van der Waals surface area (Å²) in [6.07, 6.45) is 2.86. The molecule has 0 amide bonds. The Labute approximate surface area is 120 Å². The van der Waals surface area contributed by atoms with Crippen LogP contribution in [-0.4, -0.2) is 18.3 Å². The number of nitro groups is 1. The monoisotopic (exact) mass is 308 g/mol. The van der Waals surface area contributed by atoms with E-state index >= 15 is 0 Å². The van der Waals surface area contributed by atoms with Crippen LogP contribution in [0.15, 0.2) is 41.6 Å². The van der Waals surface area contributed by atoms with Crippen molar-refractivity contribution in [3.05, 3.63) is 52.3 Å². The highest BCUT2D eigenvalue weighted by atomic mass is 32.2. The predicted octanol–water partition coefficient (Wildman–Crippen LogP) is 1.68. The maximum Gasteiger partial charge on any atom is 0.312 e. The molecule has 0 aliphatic rings. The first-order chi connectivity index (χ1) is 9.81. The van der Waals surface area contributed by atoms with E-state index in [1.165, 1.54) is 18.3 Å². The molecule has 1 aromatic carbocycles. The van der Waals surface area contributed by atoms with E-state index in [0.29, 0.717) is 0 Å². The van der Waals surface area contributed by atoms with Crippen molar-refractivity contribution in [3.8, 4) is 0 Å². The maximum atomic E-state index is 12.3. The van der Waals surface area contributed by atoms with Crippen LogP contribution < -0.4 is 10.5 Å². The molecule has 0 saturated heterocycles. The van der Waals surface area contributed by atoms with Gasteiger partial charge in [0.25, 0.3) is 10.0 Å². The molecular formula is C12H12N4O4S. The minimum Gasteiger partial charge on any atom is -0.393 e. The summed E-state index contributed by atoms with van der Waals surface area (Å²) in [7, 11) is -4.14. The minimum atomic E-state index is -4.14. The zero-order chi connectivity index (χ0) is 15.6. The van der Waals surface area contributed by atoms with Crippen LogP contribution in [0.2, 0.25) is 0 Å². The molecule has 0 radical (unpaired) electrons. The van der Waals surface area contributed by atoms with Gasteiger partial charge in [0, 0.05) is 6.20 Å². The molecule has 1 aromatic heterocycles. The lowest BCUT2D eigenvalue weighted by Crippen LogP contribution is -2.15. The lowest BCUT2D eigenvalue weighted by Gasteiger charge is -2.09. The van der Waals surface area contributed by atoms with Crippen LogP contribution in [-0.2, 0) is 10.0 Å². The third-order valence-corrected chi connectivity index (χ3v) is 4.04. The number of para-hydroxylation sites is 1. The van der Waals surface area contributed by atoms with E-state index in [4.69, 9.17) is 5.73 Å². The van der Waals surface area contributed by atoms with E-state index in [-0.39, 0.29) is 11.4 Å². The van der Waals surface area contributed by atoms with E-state index < -0.39 is 25.5 Å². The topological polar surface area (TPSA) is 128 Å². The van der Waals surface area contributed by atoms with Gasteiger partial charge in [-0.15, -0.1) is 0 Å². The number of rotatable bonds is 4. The van der Waals surface area contributed by atoms with Gasteiger partial charge < -0.3 is 5.73 Å². The summed E-state index contributed by atoms with van der Waals surface area (Å²) in [6.45, 7) is 1.74. The number of nitro benzene ring substituents is 1. The molecule has 0 saturated carbocycles. The quantitative estimate of drug-likeness (QED) is 0.502. The Bertz CT molecular complexity index is 805. The molecular weight excluding hydrogens is 296 g/mol. The number of sulfonamides is 1. The van der Waals surface area contributed by atoms with Gasteiger partial charge >= 0.3 is 5.69 Å². The Kier molecular flexibility index (Phi) is 3.76. The van der Waals surface area contributed by atoms with Gasteiger partial charge in [-0.3, -0.25) is 19.8 Å². The molecule has 1 heterocycles. The number of nitrogens with two attached hydrogens (primary N) is 1. The summed E-state index contributed by atoms with van der Waals surface area (Å²) in [5.41, 5.74) is 5.59. The Balaban J connectivity index is 2.50. The van der Waals surface area contributed by atoms with Crippen molar-refractivity contribution in [1.29, 1.82) is 0 Å². The third kappa shape index (κ3) is 3.08. The van der Waals surface area contributed by atoms with Crippen LogP contribution in [0, 0.1) is 17.0 Å². The Morgan fingerprint density at radius 3 is 2.67 bits per heavy atom. The van der Waals surface area contributed by atoms with E-state index in [1.807, 2.05) is 0 Å². The first-order valence-corrected chi connectivity index (χ1v) is 7.27. The first-order valence-electron chi connectivity index (χ1n) is 5.78. The third-order valence-electron chi connectivity index (χ3n) is 2.63. The van der Waals surface area contributed by atoms with Gasteiger partial charge in [0.15, 0.2) is 4.90 Å². The summed E-state index contributed by atoms with van der Waals surface area (Å²) in [5.74, 6) is 0. The maximum absolute atomic E-state index is 12.3. The number of benzene rings is 1. The second-order valence-electron chi connectivity index (χ2n) is 4.31. The molecule has 0 spiro atoms. The molecule has 0 aliphatic heterocycles. The van der Waals surface area contributed by atoms with Gasteiger partial charge in [-0.1, -0.05) is 6.07 Å². The standard InChI is InChI=1S/C12H12N4O4S/c1-8-5-9(7-14-6-8)15-21(19,20)11-4-2-3-10(13)12(11)16(17)18/h2-7,15H,13H2,1H3. The van der Waals surface area contributed by atoms with E-state index in [9.17, 15) is 18.5 Å². The van der Waals surface area contributed by atoms with Gasteiger partial charge in [0.1, 0.15) is 5.69 Å². The van der Waals surface area contributed by atoms with Crippen LogP contribution >= 0.6 is 0 Å². The Morgan fingerprint density at radius 2 is 2.05 bits per heavy atom. The van der Waals surface area contributed by atoms with Crippen molar-refractivity contribution < 1.29 is 13.3 Å². The van der Waals surface area contributed by atoms with Crippen LogP contribution in [0.3, 0.4) is 0 Å². The summed E-state index contributed by atoms with van der Waals surface area (Å²) < 4.78 is 26.8. The highest BCUT2D eigenvalue weighted by Crippen LogP contribution is 2.30. The number of aryl methyl sites for hydroxylation is 1. The molecule has 0 fully saturated rings. The molecule has 9 heteroatoms. The minimum absolute atomic E-state index is 0.215. The van der Waals surface area contributed by atoms with Crippen LogP contribution in [0.5, 0.6) is 0 Å². The van der Waals surface area contributed by atoms with Crippen molar-refractivity contribution >= 4 is 27.1 Å². The lowest BCUT2D eigenvalue weighted by atomic mass is 10.3. The smallest absolute Gasteiger partial charge is 0.312 e. The first kappa shape index (κ1) is 14.7. The average molecular weight is 308 g/mol. The molecule has 2 rings (SSSR count). The molecule has 0 aliphatic carbocycles. The highest BCUT2D eigenvalue weighted by Gasteiger charge is 2.28. The number of hydrogen-bond acceptors (Lipinski definition) is 6. The fourth-order valence-corrected chi connectivity index (χ4v) is 3.01. The molecule has 8 nitrogen and oxygen atoms in total. The molecule has 21 heavy (non-hydrogen) atoms. The number of nitrogen functional groups attached to an aromatic ring is 1. The van der Waals surface area contributed by atoms with E-state index in [0.717, 1.165) is 11.6 Å². The summed E-state index contributed by atoms with van der Waals surface area (Å²) in [6, 6.07) is 5.29. The number of nitrogens with zero attached hydrogens (tertiary/aromatic N) is 2. The molecule has 0 atom stereocenters. The van der Waals surface area contributed by atoms with Gasteiger partial charge in [-0.25, -0.2) is 8.42 Å². The molecule has 0 unspecified atom stereocenters. The van der Waals surface area contributed by atoms with Crippen molar-refractivity contribution in [3.63, 3.8) is 0 Å². The van der Waals surface area contributed by atoms with Crippen molar-refractivity contribution in [2.24, 2.45) is 0 Å². The zero-order valence-electron chi connectivity index (χ0n) is 11.0. The summed E-state index contributed by atoms with van der Waals surface area (Å²) in [4.78, 5) is 13.6. The fraction of sp³-hybridized carbons (Fsp3) is 0.0833. The zero-order valence-corrected chi connectivity index (χ0v) is 11.8. The van der Waals surface area contributed by atoms with Crippen LogP contribution in [0.25, 0.3) is 0 Å². The van der Waals surface area contributed by atoms with Crippen LogP contribution in [0.1, 0.15) is 5.56 Å². The number of nitrogens with one attached hydrogen (secondary N) is 1. The van der Waals surface area contributed by atoms with E-state index in [1.54, 1.807) is 19.2 Å². The normalized spacial score (nSPS) is 11.1. The van der Waals surface area contributed by atoms with Gasteiger partial charge in [0.05, 0.1) is 16.8 Å². The van der Waals surface area contributed by atoms with Crippen molar-refractivity contribution in [1.82, 2.24) is 4.98 Å². The van der Waals surface area contributed by atoms with Crippen LogP contribution in [0.4, 0.5) is 17.1 Å². The van der Waals surface area contributed by atoms with Gasteiger partial charge in [-0.2, -0.15) is 0 Å². The molecule has 110 valence electrons. The second-order valence-corrected chi connectivity index (χ2v) is 5.96. The lowest BCUT2D eigenvalue weighted by molar-refractivity contribution is -0.386. The van der Waals surface area contributed by atoms with Crippen molar-refractivity contribution in [2.45, 2.75) is 11.8 Å². The van der Waals surface area contributed by atoms with Gasteiger partial charge in [-0.05, 0) is 30.7 Å². The summed E-state index contributed by atoms with van der Waals surface area (Å²) in [5, 5.41) is 11.0. The number of aromatic nitrogens is 1. The number of anilines is 2. The fourth-order valence-electron chi connectivity index (χ4n) is 1.77. The predicted molar refractivity (Wildman–Crippen MR) is 77.3 cm³/mol. The largest absolute Gasteiger partial charge is 0.393 e.